The Labute approximate surface area is 189 Å². The molecule has 0 bridgehead atoms. The number of hydrogen-bond donors (Lipinski definition) is 2. The number of aromatic nitrogens is 1. The van der Waals surface area contributed by atoms with Crippen LogP contribution in [0.2, 0.25) is 0 Å². The van der Waals surface area contributed by atoms with Crippen molar-refractivity contribution in [2.75, 3.05) is 44.0 Å². The number of methoxy groups -OCH3 is 1. The standard InChI is InChI=1S/C24H31N5O3/c1-4-28(12-11-25-2)21-9-10-26-14-20(21)27-24(30)22-7-8-23(32-22)29-15-17-5-6-19(31-3)13-18(17)16-29/h5-6,8-10,13-14,22,25H,4,7,11-12,15-16H2,1-3H3,(H,27,30). The zero-order chi connectivity index (χ0) is 22.5. The Morgan fingerprint density at radius 2 is 2.16 bits per heavy atom. The quantitative estimate of drug-likeness (QED) is 0.624. The SMILES string of the molecule is CCN(CCNC)c1ccncc1NC(=O)C1CC=C(N2Cc3ccc(OC)cc3C2)O1. The monoisotopic (exact) mass is 437 g/mol. The fourth-order valence-electron chi connectivity index (χ4n) is 4.14. The maximum Gasteiger partial charge on any atom is 0.265 e. The highest BCUT2D eigenvalue weighted by Gasteiger charge is 2.31. The van der Waals surface area contributed by atoms with Crippen molar-refractivity contribution >= 4 is 17.3 Å². The van der Waals surface area contributed by atoms with Crippen LogP contribution >= 0.6 is 0 Å². The van der Waals surface area contributed by atoms with Gasteiger partial charge < -0.3 is 29.9 Å². The molecule has 2 aromatic rings. The number of likely N-dealkylation sites (N-methyl/N-ethyl adjacent to an activating group) is 2. The number of nitrogens with zero attached hydrogens (tertiary/aromatic N) is 3. The zero-order valence-corrected chi connectivity index (χ0v) is 18.9. The summed E-state index contributed by atoms with van der Waals surface area (Å²) in [6, 6.07) is 8.06. The largest absolute Gasteiger partial charge is 0.497 e. The van der Waals surface area contributed by atoms with Gasteiger partial charge in [-0.15, -0.1) is 0 Å². The summed E-state index contributed by atoms with van der Waals surface area (Å²) >= 11 is 0. The molecule has 2 N–H and O–H groups in total. The van der Waals surface area contributed by atoms with Crippen molar-refractivity contribution in [3.8, 4) is 5.75 Å². The fourth-order valence-corrected chi connectivity index (χ4v) is 4.14. The molecule has 32 heavy (non-hydrogen) atoms. The van der Waals surface area contributed by atoms with Crippen molar-refractivity contribution in [3.05, 3.63) is 59.7 Å². The molecule has 0 fully saturated rings. The number of benzene rings is 1. The number of carbonyl (C=O) groups excluding carboxylic acids is 1. The lowest BCUT2D eigenvalue weighted by atomic mass is 10.1. The van der Waals surface area contributed by atoms with Gasteiger partial charge in [0.2, 0.25) is 0 Å². The number of fused-ring (bicyclic) bond motifs is 1. The van der Waals surface area contributed by atoms with E-state index in [2.05, 4.69) is 44.5 Å². The Hall–Kier alpha value is -3.26. The molecule has 0 radical (unpaired) electrons. The molecule has 0 saturated heterocycles. The number of anilines is 2. The molecule has 2 aliphatic heterocycles. The number of hydrogen-bond acceptors (Lipinski definition) is 7. The van der Waals surface area contributed by atoms with Gasteiger partial charge in [-0.1, -0.05) is 6.07 Å². The van der Waals surface area contributed by atoms with Gasteiger partial charge in [-0.2, -0.15) is 0 Å². The normalized spacial score (nSPS) is 16.9. The summed E-state index contributed by atoms with van der Waals surface area (Å²) in [6.45, 7) is 6.14. The van der Waals surface area contributed by atoms with Crippen molar-refractivity contribution in [2.24, 2.45) is 0 Å². The second-order valence-corrected chi connectivity index (χ2v) is 7.94. The molecule has 1 aromatic heterocycles. The predicted molar refractivity (Wildman–Crippen MR) is 124 cm³/mol. The van der Waals surface area contributed by atoms with Gasteiger partial charge in [-0.25, -0.2) is 0 Å². The van der Waals surface area contributed by atoms with E-state index in [4.69, 9.17) is 9.47 Å². The smallest absolute Gasteiger partial charge is 0.265 e. The number of pyridine rings is 1. The minimum atomic E-state index is -0.552. The van der Waals surface area contributed by atoms with Gasteiger partial charge in [0.05, 0.1) is 24.7 Å². The number of rotatable bonds is 9. The minimum absolute atomic E-state index is 0.159. The number of carbonyl (C=O) groups is 1. The van der Waals surface area contributed by atoms with Crippen LogP contribution in [0, 0.1) is 0 Å². The summed E-state index contributed by atoms with van der Waals surface area (Å²) in [5, 5.41) is 6.20. The molecule has 2 aliphatic rings. The van der Waals surface area contributed by atoms with Gasteiger partial charge in [0.1, 0.15) is 5.75 Å². The summed E-state index contributed by atoms with van der Waals surface area (Å²) in [5.41, 5.74) is 4.14. The highest BCUT2D eigenvalue weighted by Crippen LogP contribution is 2.33. The van der Waals surface area contributed by atoms with Crippen molar-refractivity contribution < 1.29 is 14.3 Å². The van der Waals surface area contributed by atoms with Crippen LogP contribution in [-0.4, -0.2) is 55.7 Å². The molecule has 1 atom stereocenters. The fraction of sp³-hybridized carbons (Fsp3) is 0.417. The average Bonchev–Trinajstić information content (AvgIpc) is 3.47. The van der Waals surface area contributed by atoms with Gasteiger partial charge in [-0.05, 0) is 49.4 Å². The lowest BCUT2D eigenvalue weighted by molar-refractivity contribution is -0.125. The highest BCUT2D eigenvalue weighted by molar-refractivity contribution is 5.97. The van der Waals surface area contributed by atoms with Crippen LogP contribution in [0.5, 0.6) is 5.75 Å². The summed E-state index contributed by atoms with van der Waals surface area (Å²) < 4.78 is 11.4. The van der Waals surface area contributed by atoms with Crippen LogP contribution in [0.25, 0.3) is 0 Å². The lowest BCUT2D eigenvalue weighted by Crippen LogP contribution is -2.33. The van der Waals surface area contributed by atoms with Crippen molar-refractivity contribution in [1.29, 1.82) is 0 Å². The second-order valence-electron chi connectivity index (χ2n) is 7.94. The van der Waals surface area contributed by atoms with Gasteiger partial charge in [0.15, 0.2) is 12.0 Å². The Morgan fingerprint density at radius 1 is 1.31 bits per heavy atom. The molecule has 0 saturated carbocycles. The van der Waals surface area contributed by atoms with Crippen LogP contribution in [0.15, 0.2) is 48.6 Å². The van der Waals surface area contributed by atoms with Gasteiger partial charge in [0, 0.05) is 45.3 Å². The first-order chi connectivity index (χ1) is 15.6. The molecule has 1 aromatic carbocycles. The van der Waals surface area contributed by atoms with E-state index in [1.807, 2.05) is 25.3 Å². The van der Waals surface area contributed by atoms with Gasteiger partial charge in [0.25, 0.3) is 5.91 Å². The van der Waals surface area contributed by atoms with Crippen molar-refractivity contribution in [2.45, 2.75) is 32.5 Å². The van der Waals surface area contributed by atoms with Gasteiger partial charge >= 0.3 is 0 Å². The molecule has 0 aliphatic carbocycles. The number of amides is 1. The molecule has 4 rings (SSSR count). The third-order valence-electron chi connectivity index (χ3n) is 5.92. The zero-order valence-electron chi connectivity index (χ0n) is 18.9. The maximum absolute atomic E-state index is 13.0. The van der Waals surface area contributed by atoms with E-state index >= 15 is 0 Å². The van der Waals surface area contributed by atoms with E-state index in [0.717, 1.165) is 50.0 Å². The Kier molecular flexibility index (Phi) is 6.80. The molecule has 8 nitrogen and oxygen atoms in total. The third kappa shape index (κ3) is 4.65. The summed E-state index contributed by atoms with van der Waals surface area (Å²) in [5.74, 6) is 1.46. The topological polar surface area (TPSA) is 79.0 Å². The Balaban J connectivity index is 1.38. The van der Waals surface area contributed by atoms with Crippen molar-refractivity contribution in [3.63, 3.8) is 0 Å². The molecule has 170 valence electrons. The first kappa shape index (κ1) is 22.0. The molecule has 0 spiro atoms. The maximum atomic E-state index is 13.0. The Bertz CT molecular complexity index is 993. The average molecular weight is 438 g/mol. The Morgan fingerprint density at radius 3 is 2.94 bits per heavy atom. The van der Waals surface area contributed by atoms with E-state index in [1.54, 1.807) is 19.5 Å². The van der Waals surface area contributed by atoms with Crippen LogP contribution in [0.1, 0.15) is 24.5 Å². The molecular formula is C24H31N5O3. The van der Waals surface area contributed by atoms with Crippen LogP contribution in [0.3, 0.4) is 0 Å². The summed E-state index contributed by atoms with van der Waals surface area (Å²) in [6.07, 6.45) is 5.44. The molecule has 1 amide bonds. The highest BCUT2D eigenvalue weighted by atomic mass is 16.5. The minimum Gasteiger partial charge on any atom is -0.497 e. The summed E-state index contributed by atoms with van der Waals surface area (Å²) in [4.78, 5) is 21.6. The van der Waals surface area contributed by atoms with E-state index in [-0.39, 0.29) is 5.91 Å². The van der Waals surface area contributed by atoms with E-state index < -0.39 is 6.10 Å². The van der Waals surface area contributed by atoms with Crippen LogP contribution in [-0.2, 0) is 22.6 Å². The number of ether oxygens (including phenoxy) is 2. The summed E-state index contributed by atoms with van der Waals surface area (Å²) in [7, 11) is 3.61. The first-order valence-electron chi connectivity index (χ1n) is 11.0. The van der Waals surface area contributed by atoms with E-state index in [9.17, 15) is 4.79 Å². The van der Waals surface area contributed by atoms with Crippen LogP contribution in [0.4, 0.5) is 11.4 Å². The van der Waals surface area contributed by atoms with Gasteiger partial charge in [-0.3, -0.25) is 9.78 Å². The van der Waals surface area contributed by atoms with E-state index in [0.29, 0.717) is 12.1 Å². The van der Waals surface area contributed by atoms with E-state index in [1.165, 1.54) is 11.1 Å². The predicted octanol–water partition coefficient (Wildman–Crippen LogP) is 2.72. The van der Waals surface area contributed by atoms with Crippen molar-refractivity contribution in [1.82, 2.24) is 15.2 Å². The lowest BCUT2D eigenvalue weighted by Gasteiger charge is -2.26. The molecule has 3 heterocycles. The first-order valence-corrected chi connectivity index (χ1v) is 11.0. The molecule has 1 unspecified atom stereocenters. The third-order valence-corrected chi connectivity index (χ3v) is 5.92. The number of nitrogens with one attached hydrogen (secondary N) is 2. The second kappa shape index (κ2) is 9.91. The molecule has 8 heteroatoms. The molecular weight excluding hydrogens is 406 g/mol. The van der Waals surface area contributed by atoms with Crippen LogP contribution < -0.4 is 20.3 Å².